The molecule has 1 aliphatic rings. The van der Waals surface area contributed by atoms with Gasteiger partial charge in [-0.05, 0) is 31.7 Å². The van der Waals surface area contributed by atoms with Crippen molar-refractivity contribution in [3.05, 3.63) is 21.9 Å². The van der Waals surface area contributed by atoms with E-state index in [9.17, 15) is 9.59 Å². The summed E-state index contributed by atoms with van der Waals surface area (Å²) in [6, 6.07) is 1.54. The van der Waals surface area contributed by atoms with Crippen LogP contribution in [-0.4, -0.2) is 27.6 Å². The molecule has 0 saturated heterocycles. The SMILES string of the molecule is Cn1c(C(=O)NC2CCC(C(=O)O)CC2)cc(Cl)c1Cl. The third kappa shape index (κ3) is 3.10. The van der Waals surface area contributed by atoms with E-state index in [0.29, 0.717) is 41.6 Å². The van der Waals surface area contributed by atoms with Crippen LogP contribution in [0.4, 0.5) is 0 Å². The first-order chi connectivity index (χ1) is 9.40. The van der Waals surface area contributed by atoms with Crippen molar-refractivity contribution in [2.24, 2.45) is 13.0 Å². The molecule has 5 nitrogen and oxygen atoms in total. The minimum absolute atomic E-state index is 0.00514. The predicted octanol–water partition coefficient (Wildman–Crippen LogP) is 2.71. The Morgan fingerprint density at radius 2 is 1.90 bits per heavy atom. The number of hydrogen-bond donors (Lipinski definition) is 2. The highest BCUT2D eigenvalue weighted by Crippen LogP contribution is 2.27. The maximum absolute atomic E-state index is 12.1. The number of carboxylic acids is 1. The lowest BCUT2D eigenvalue weighted by Crippen LogP contribution is -2.39. The van der Waals surface area contributed by atoms with Crippen LogP contribution in [0.2, 0.25) is 10.2 Å². The Balaban J connectivity index is 1.96. The molecule has 110 valence electrons. The zero-order valence-electron chi connectivity index (χ0n) is 11.0. The Bertz CT molecular complexity index is 534. The summed E-state index contributed by atoms with van der Waals surface area (Å²) >= 11 is 11.8. The van der Waals surface area contributed by atoms with Gasteiger partial charge in [0.05, 0.1) is 10.9 Å². The molecule has 1 heterocycles. The number of carbonyl (C=O) groups is 2. The molecular weight excluding hydrogens is 303 g/mol. The molecule has 1 aromatic heterocycles. The highest BCUT2D eigenvalue weighted by molar-refractivity contribution is 6.41. The van der Waals surface area contributed by atoms with E-state index in [0.717, 1.165) is 0 Å². The van der Waals surface area contributed by atoms with Crippen LogP contribution in [0.1, 0.15) is 36.2 Å². The quantitative estimate of drug-likeness (QED) is 0.900. The lowest BCUT2D eigenvalue weighted by Gasteiger charge is -2.26. The lowest BCUT2D eigenvalue weighted by atomic mass is 9.86. The van der Waals surface area contributed by atoms with Crippen LogP contribution in [0.25, 0.3) is 0 Å². The number of hydrogen-bond acceptors (Lipinski definition) is 2. The van der Waals surface area contributed by atoms with E-state index in [1.807, 2.05) is 0 Å². The van der Waals surface area contributed by atoms with E-state index in [1.165, 1.54) is 10.6 Å². The van der Waals surface area contributed by atoms with Crippen molar-refractivity contribution in [3.8, 4) is 0 Å². The van der Waals surface area contributed by atoms with Gasteiger partial charge in [-0.2, -0.15) is 0 Å². The standard InChI is InChI=1S/C13H16Cl2N2O3/c1-17-10(6-9(14)11(17)15)12(18)16-8-4-2-7(3-5-8)13(19)20/h6-8H,2-5H2,1H3,(H,16,18)(H,19,20). The Morgan fingerprint density at radius 1 is 1.30 bits per heavy atom. The van der Waals surface area contributed by atoms with Crippen molar-refractivity contribution in [1.82, 2.24) is 9.88 Å². The second kappa shape index (κ2) is 6.06. The zero-order chi connectivity index (χ0) is 14.9. The Morgan fingerprint density at radius 3 is 2.35 bits per heavy atom. The van der Waals surface area contributed by atoms with Gasteiger partial charge in [-0.1, -0.05) is 23.2 Å². The van der Waals surface area contributed by atoms with Crippen molar-refractivity contribution < 1.29 is 14.7 Å². The second-order valence-electron chi connectivity index (χ2n) is 5.09. The molecule has 0 aromatic carbocycles. The van der Waals surface area contributed by atoms with Gasteiger partial charge in [-0.25, -0.2) is 0 Å². The second-order valence-corrected chi connectivity index (χ2v) is 5.85. The Hall–Kier alpha value is -1.20. The number of aliphatic carboxylic acids is 1. The summed E-state index contributed by atoms with van der Waals surface area (Å²) in [6.07, 6.45) is 2.53. The van der Waals surface area contributed by atoms with Gasteiger partial charge in [0.25, 0.3) is 5.91 Å². The van der Waals surface area contributed by atoms with E-state index in [4.69, 9.17) is 28.3 Å². The first-order valence-electron chi connectivity index (χ1n) is 6.44. The molecule has 0 atom stereocenters. The van der Waals surface area contributed by atoms with Crippen LogP contribution in [-0.2, 0) is 11.8 Å². The number of carboxylic acid groups (broad SMARTS) is 1. The van der Waals surface area contributed by atoms with E-state index >= 15 is 0 Å². The lowest BCUT2D eigenvalue weighted by molar-refractivity contribution is -0.142. The summed E-state index contributed by atoms with van der Waals surface area (Å²) in [6.45, 7) is 0. The number of halogens is 2. The first kappa shape index (κ1) is 15.2. The molecule has 0 aliphatic heterocycles. The molecule has 0 unspecified atom stereocenters. The van der Waals surface area contributed by atoms with Crippen LogP contribution in [0, 0.1) is 5.92 Å². The summed E-state index contributed by atoms with van der Waals surface area (Å²) in [5.74, 6) is -1.28. The number of rotatable bonds is 3. The molecule has 2 rings (SSSR count). The highest BCUT2D eigenvalue weighted by Gasteiger charge is 2.27. The van der Waals surface area contributed by atoms with Gasteiger partial charge < -0.3 is 15.0 Å². The van der Waals surface area contributed by atoms with Crippen LogP contribution >= 0.6 is 23.2 Å². The molecule has 2 N–H and O–H groups in total. The number of aromatic nitrogens is 1. The van der Waals surface area contributed by atoms with Gasteiger partial charge in [-0.3, -0.25) is 9.59 Å². The summed E-state index contributed by atoms with van der Waals surface area (Å²) in [5, 5.41) is 12.5. The van der Waals surface area contributed by atoms with Crippen LogP contribution in [0.15, 0.2) is 6.07 Å². The third-order valence-electron chi connectivity index (χ3n) is 3.76. The first-order valence-corrected chi connectivity index (χ1v) is 7.20. The molecule has 1 saturated carbocycles. The van der Waals surface area contributed by atoms with Crippen molar-refractivity contribution in [2.75, 3.05) is 0 Å². The summed E-state index contributed by atoms with van der Waals surface area (Å²) < 4.78 is 1.53. The smallest absolute Gasteiger partial charge is 0.306 e. The normalized spacial score (nSPS) is 22.6. The van der Waals surface area contributed by atoms with Crippen LogP contribution in [0.5, 0.6) is 0 Å². The van der Waals surface area contributed by atoms with Gasteiger partial charge in [0.2, 0.25) is 0 Å². The molecule has 1 fully saturated rings. The van der Waals surface area contributed by atoms with Crippen LogP contribution < -0.4 is 5.32 Å². The number of nitrogens with one attached hydrogen (secondary N) is 1. The third-order valence-corrected chi connectivity index (χ3v) is 4.60. The monoisotopic (exact) mass is 318 g/mol. The molecule has 20 heavy (non-hydrogen) atoms. The van der Waals surface area contributed by atoms with Crippen LogP contribution in [0.3, 0.4) is 0 Å². The molecule has 1 aliphatic carbocycles. The minimum Gasteiger partial charge on any atom is -0.481 e. The van der Waals surface area contributed by atoms with Gasteiger partial charge >= 0.3 is 5.97 Å². The highest BCUT2D eigenvalue weighted by atomic mass is 35.5. The fourth-order valence-corrected chi connectivity index (χ4v) is 2.88. The van der Waals surface area contributed by atoms with Gasteiger partial charge in [0.1, 0.15) is 10.8 Å². The molecular formula is C13H16Cl2N2O3. The summed E-state index contributed by atoms with van der Waals surface area (Å²) in [5.41, 5.74) is 0.403. The van der Waals surface area contributed by atoms with E-state index in [1.54, 1.807) is 7.05 Å². The molecule has 1 aromatic rings. The van der Waals surface area contributed by atoms with Crippen molar-refractivity contribution >= 4 is 35.1 Å². The molecule has 7 heteroatoms. The fourth-order valence-electron chi connectivity index (χ4n) is 2.50. The molecule has 0 bridgehead atoms. The van der Waals surface area contributed by atoms with Gasteiger partial charge in [0.15, 0.2) is 0 Å². The Kier molecular flexibility index (Phi) is 4.60. The number of amides is 1. The minimum atomic E-state index is -0.754. The maximum Gasteiger partial charge on any atom is 0.306 e. The maximum atomic E-state index is 12.1. The van der Waals surface area contributed by atoms with Crippen molar-refractivity contribution in [3.63, 3.8) is 0 Å². The topological polar surface area (TPSA) is 71.3 Å². The largest absolute Gasteiger partial charge is 0.481 e. The summed E-state index contributed by atoms with van der Waals surface area (Å²) in [4.78, 5) is 23.0. The summed E-state index contributed by atoms with van der Waals surface area (Å²) in [7, 11) is 1.67. The number of carbonyl (C=O) groups excluding carboxylic acids is 1. The van der Waals surface area contributed by atoms with E-state index in [-0.39, 0.29) is 17.9 Å². The molecule has 1 amide bonds. The molecule has 0 spiro atoms. The van der Waals surface area contributed by atoms with Crippen molar-refractivity contribution in [2.45, 2.75) is 31.7 Å². The fraction of sp³-hybridized carbons (Fsp3) is 0.538. The predicted molar refractivity (Wildman–Crippen MR) is 76.3 cm³/mol. The average molecular weight is 319 g/mol. The van der Waals surface area contributed by atoms with E-state index < -0.39 is 5.97 Å². The van der Waals surface area contributed by atoms with E-state index in [2.05, 4.69) is 5.32 Å². The molecule has 0 radical (unpaired) electrons. The van der Waals surface area contributed by atoms with Gasteiger partial charge in [0, 0.05) is 13.1 Å². The average Bonchev–Trinajstić information content (AvgIpc) is 2.67. The van der Waals surface area contributed by atoms with Gasteiger partial charge in [-0.15, -0.1) is 0 Å². The zero-order valence-corrected chi connectivity index (χ0v) is 12.5. The number of nitrogens with zero attached hydrogens (tertiary/aromatic N) is 1. The Labute approximate surface area is 126 Å². The van der Waals surface area contributed by atoms with Crippen molar-refractivity contribution in [1.29, 1.82) is 0 Å².